The lowest BCUT2D eigenvalue weighted by molar-refractivity contribution is 0.511. The third-order valence-electron chi connectivity index (χ3n) is 2.18. The SMILES string of the molecule is O=S(=O)(Cl)c1cncn1C1CCSC1. The Labute approximate surface area is 91.1 Å². The van der Waals surface area contributed by atoms with Gasteiger partial charge in [0.2, 0.25) is 0 Å². The van der Waals surface area contributed by atoms with Crippen molar-refractivity contribution in [3.63, 3.8) is 0 Å². The monoisotopic (exact) mass is 252 g/mol. The molecule has 0 amide bonds. The van der Waals surface area contributed by atoms with Gasteiger partial charge in [0.1, 0.15) is 0 Å². The van der Waals surface area contributed by atoms with Crippen LogP contribution < -0.4 is 0 Å². The molecule has 7 heteroatoms. The lowest BCUT2D eigenvalue weighted by atomic mass is 10.3. The molecule has 0 saturated carbocycles. The summed E-state index contributed by atoms with van der Waals surface area (Å²) in [6.07, 6.45) is 3.80. The van der Waals surface area contributed by atoms with Gasteiger partial charge in [0.05, 0.1) is 12.5 Å². The van der Waals surface area contributed by atoms with Gasteiger partial charge in [-0.15, -0.1) is 0 Å². The molecule has 14 heavy (non-hydrogen) atoms. The number of hydrogen-bond acceptors (Lipinski definition) is 4. The second-order valence-corrected chi connectivity index (χ2v) is 6.76. The standard InChI is InChI=1S/C7H9ClN2O2S2/c8-14(11,12)7-3-9-5-10(7)6-1-2-13-4-6/h3,5-6H,1-2,4H2. The summed E-state index contributed by atoms with van der Waals surface area (Å²) in [5.74, 6) is 1.99. The van der Waals surface area contributed by atoms with E-state index in [1.807, 2.05) is 11.8 Å². The zero-order valence-electron chi connectivity index (χ0n) is 7.26. The van der Waals surface area contributed by atoms with E-state index in [2.05, 4.69) is 4.98 Å². The smallest absolute Gasteiger partial charge is 0.278 e. The Bertz CT molecular complexity index is 423. The van der Waals surface area contributed by atoms with Crippen molar-refractivity contribution in [2.75, 3.05) is 11.5 Å². The van der Waals surface area contributed by atoms with Crippen molar-refractivity contribution in [2.24, 2.45) is 0 Å². The van der Waals surface area contributed by atoms with Crippen LogP contribution in [0.3, 0.4) is 0 Å². The highest BCUT2D eigenvalue weighted by molar-refractivity contribution is 8.13. The van der Waals surface area contributed by atoms with Crippen LogP contribution in [0.25, 0.3) is 0 Å². The van der Waals surface area contributed by atoms with E-state index in [9.17, 15) is 8.42 Å². The van der Waals surface area contributed by atoms with Crippen molar-refractivity contribution in [3.8, 4) is 0 Å². The molecule has 0 N–H and O–H groups in total. The van der Waals surface area contributed by atoms with E-state index >= 15 is 0 Å². The molecule has 78 valence electrons. The van der Waals surface area contributed by atoms with Crippen LogP contribution in [0.2, 0.25) is 0 Å². The zero-order chi connectivity index (χ0) is 10.2. The minimum atomic E-state index is -3.66. The molecule has 0 aliphatic carbocycles. The van der Waals surface area contributed by atoms with Gasteiger partial charge in [0.25, 0.3) is 9.05 Å². The lowest BCUT2D eigenvalue weighted by Crippen LogP contribution is -2.11. The number of imidazole rings is 1. The molecule has 1 atom stereocenters. The van der Waals surface area contributed by atoms with Crippen LogP contribution in [0, 0.1) is 0 Å². The zero-order valence-corrected chi connectivity index (χ0v) is 9.65. The number of hydrogen-bond donors (Lipinski definition) is 0. The molecule has 1 aliphatic rings. The van der Waals surface area contributed by atoms with Gasteiger partial charge in [-0.3, -0.25) is 0 Å². The van der Waals surface area contributed by atoms with Crippen molar-refractivity contribution in [3.05, 3.63) is 12.5 Å². The topological polar surface area (TPSA) is 52.0 Å². The van der Waals surface area contributed by atoms with Crippen LogP contribution in [-0.4, -0.2) is 29.5 Å². The third-order valence-corrected chi connectivity index (χ3v) is 4.61. The Morgan fingerprint density at radius 1 is 1.64 bits per heavy atom. The molecule has 1 unspecified atom stereocenters. The molecule has 2 rings (SSSR count). The van der Waals surface area contributed by atoms with Crippen molar-refractivity contribution < 1.29 is 8.42 Å². The van der Waals surface area contributed by atoms with Crippen LogP contribution in [0.4, 0.5) is 0 Å². The average molecular weight is 253 g/mol. The summed E-state index contributed by atoms with van der Waals surface area (Å²) < 4.78 is 24.0. The highest BCUT2D eigenvalue weighted by atomic mass is 35.7. The molecule has 1 fully saturated rings. The van der Waals surface area contributed by atoms with E-state index in [-0.39, 0.29) is 11.1 Å². The number of thioether (sulfide) groups is 1. The molecule has 1 aliphatic heterocycles. The van der Waals surface area contributed by atoms with Crippen molar-refractivity contribution >= 4 is 31.5 Å². The molecule has 1 saturated heterocycles. The van der Waals surface area contributed by atoms with E-state index in [4.69, 9.17) is 10.7 Å². The van der Waals surface area contributed by atoms with Gasteiger partial charge in [0, 0.05) is 22.5 Å². The minimum absolute atomic E-state index is 0.103. The molecule has 0 radical (unpaired) electrons. The summed E-state index contributed by atoms with van der Waals surface area (Å²) in [5, 5.41) is 0.103. The first-order valence-corrected chi connectivity index (χ1v) is 7.59. The summed E-state index contributed by atoms with van der Waals surface area (Å²) in [5.41, 5.74) is 0. The maximum absolute atomic E-state index is 11.2. The normalized spacial score (nSPS) is 22.8. The fraction of sp³-hybridized carbons (Fsp3) is 0.571. The van der Waals surface area contributed by atoms with E-state index in [0.717, 1.165) is 17.9 Å². The maximum Gasteiger partial charge on any atom is 0.278 e. The molecule has 0 spiro atoms. The van der Waals surface area contributed by atoms with Gasteiger partial charge in [0.15, 0.2) is 5.03 Å². The van der Waals surface area contributed by atoms with Crippen molar-refractivity contribution in [1.82, 2.24) is 9.55 Å². The molecule has 1 aromatic heterocycles. The Kier molecular flexibility index (Phi) is 2.77. The predicted molar refractivity (Wildman–Crippen MR) is 56.2 cm³/mol. The first-order chi connectivity index (χ1) is 6.59. The Morgan fingerprint density at radius 3 is 3.00 bits per heavy atom. The number of nitrogens with zero attached hydrogens (tertiary/aromatic N) is 2. The number of aromatic nitrogens is 2. The Morgan fingerprint density at radius 2 is 2.43 bits per heavy atom. The second kappa shape index (κ2) is 3.75. The van der Waals surface area contributed by atoms with Gasteiger partial charge >= 0.3 is 0 Å². The van der Waals surface area contributed by atoms with Crippen LogP contribution in [0.15, 0.2) is 17.6 Å². The number of rotatable bonds is 2. The first-order valence-electron chi connectivity index (χ1n) is 4.13. The molecular weight excluding hydrogens is 244 g/mol. The van der Waals surface area contributed by atoms with E-state index in [1.165, 1.54) is 12.5 Å². The van der Waals surface area contributed by atoms with Crippen LogP contribution in [0.5, 0.6) is 0 Å². The highest BCUT2D eigenvalue weighted by Crippen LogP contribution is 2.30. The van der Waals surface area contributed by atoms with Gasteiger partial charge in [-0.1, -0.05) is 0 Å². The molecular formula is C7H9ClN2O2S2. The number of halogens is 1. The summed E-state index contributed by atoms with van der Waals surface area (Å²) in [4.78, 5) is 3.82. The third kappa shape index (κ3) is 1.92. The van der Waals surface area contributed by atoms with Gasteiger partial charge in [-0.25, -0.2) is 13.4 Å². The van der Waals surface area contributed by atoms with Crippen LogP contribution in [-0.2, 0) is 9.05 Å². The molecule has 0 bridgehead atoms. The fourth-order valence-corrected chi connectivity index (χ4v) is 3.70. The molecule has 2 heterocycles. The van der Waals surface area contributed by atoms with Gasteiger partial charge in [-0.2, -0.15) is 11.8 Å². The maximum atomic E-state index is 11.2. The average Bonchev–Trinajstić information content (AvgIpc) is 2.73. The van der Waals surface area contributed by atoms with Crippen molar-refractivity contribution in [1.29, 1.82) is 0 Å². The lowest BCUT2D eigenvalue weighted by Gasteiger charge is -2.11. The molecule has 1 aromatic rings. The van der Waals surface area contributed by atoms with E-state index in [1.54, 1.807) is 4.57 Å². The summed E-state index contributed by atoms with van der Waals surface area (Å²) in [6.45, 7) is 0. The minimum Gasteiger partial charge on any atom is -0.317 e. The Balaban J connectivity index is 2.39. The predicted octanol–water partition coefficient (Wildman–Crippen LogP) is 1.49. The fourth-order valence-electron chi connectivity index (χ4n) is 1.50. The molecule has 4 nitrogen and oxygen atoms in total. The van der Waals surface area contributed by atoms with Gasteiger partial charge < -0.3 is 4.57 Å². The quantitative estimate of drug-likeness (QED) is 0.749. The van der Waals surface area contributed by atoms with Crippen LogP contribution >= 0.6 is 22.4 Å². The first kappa shape index (κ1) is 10.3. The Hall–Kier alpha value is -0.200. The summed E-state index contributed by atoms with van der Waals surface area (Å²) in [7, 11) is 1.62. The summed E-state index contributed by atoms with van der Waals surface area (Å²) in [6, 6.07) is 0.214. The van der Waals surface area contributed by atoms with Crippen LogP contribution in [0.1, 0.15) is 12.5 Å². The van der Waals surface area contributed by atoms with E-state index in [0.29, 0.717) is 0 Å². The highest BCUT2D eigenvalue weighted by Gasteiger charge is 2.24. The van der Waals surface area contributed by atoms with Gasteiger partial charge in [-0.05, 0) is 12.2 Å². The second-order valence-electron chi connectivity index (χ2n) is 3.09. The largest absolute Gasteiger partial charge is 0.317 e. The molecule has 0 aromatic carbocycles. The van der Waals surface area contributed by atoms with E-state index < -0.39 is 9.05 Å². The summed E-state index contributed by atoms with van der Waals surface area (Å²) >= 11 is 1.81. The van der Waals surface area contributed by atoms with Crippen molar-refractivity contribution in [2.45, 2.75) is 17.5 Å².